The van der Waals surface area contributed by atoms with Crippen molar-refractivity contribution in [2.45, 2.75) is 43.9 Å². The zero-order valence-corrected chi connectivity index (χ0v) is 17.6. The zero-order chi connectivity index (χ0) is 23.8. The fraction of sp³-hybridized carbons (Fsp3) is 0.524. The molecule has 1 aliphatic carbocycles. The number of alkyl halides is 3. The first kappa shape index (κ1) is 22.8. The predicted octanol–water partition coefficient (Wildman–Crippen LogP) is 2.88. The first-order valence-electron chi connectivity index (χ1n) is 10.7. The molecule has 1 aromatic carbocycles. The third-order valence-corrected chi connectivity index (χ3v) is 6.28. The summed E-state index contributed by atoms with van der Waals surface area (Å²) in [5.41, 5.74) is -0.954. The Labute approximate surface area is 187 Å². The van der Waals surface area contributed by atoms with Crippen molar-refractivity contribution in [1.82, 2.24) is 20.0 Å². The maximum atomic E-state index is 13.1. The van der Waals surface area contributed by atoms with Gasteiger partial charge in [0.15, 0.2) is 5.82 Å². The molecular weight excluding hydrogens is 441 g/mol. The van der Waals surface area contributed by atoms with E-state index >= 15 is 0 Å². The number of fused-ring (bicyclic) bond motifs is 1. The van der Waals surface area contributed by atoms with Crippen LogP contribution in [0, 0.1) is 17.2 Å². The minimum absolute atomic E-state index is 0.0147. The predicted molar refractivity (Wildman–Crippen MR) is 112 cm³/mol. The molecule has 1 saturated carbocycles. The normalized spacial score (nSPS) is 21.9. The number of carboxylic acid groups (broad SMARTS) is 1. The molecule has 33 heavy (non-hydrogen) atoms. The van der Waals surface area contributed by atoms with Gasteiger partial charge in [0, 0.05) is 30.4 Å². The molecule has 1 aromatic heterocycles. The molecule has 2 aliphatic rings. The van der Waals surface area contributed by atoms with E-state index in [0.29, 0.717) is 23.8 Å². The molecule has 1 amide bonds. The summed E-state index contributed by atoms with van der Waals surface area (Å²) < 4.78 is 39.8. The van der Waals surface area contributed by atoms with E-state index in [9.17, 15) is 27.9 Å². The summed E-state index contributed by atoms with van der Waals surface area (Å²) in [6.45, 7) is 1.16. The second-order valence-corrected chi connectivity index (χ2v) is 8.48. The number of amides is 1. The molecule has 0 unspecified atom stereocenters. The highest BCUT2D eigenvalue weighted by molar-refractivity contribution is 5.96. The van der Waals surface area contributed by atoms with Crippen LogP contribution < -0.4 is 10.6 Å². The Hall–Kier alpha value is -3.33. The highest BCUT2D eigenvalue weighted by Gasteiger charge is 2.35. The van der Waals surface area contributed by atoms with Crippen molar-refractivity contribution in [2.24, 2.45) is 5.92 Å². The van der Waals surface area contributed by atoms with Gasteiger partial charge in [-0.2, -0.15) is 23.1 Å². The summed E-state index contributed by atoms with van der Waals surface area (Å²) in [6, 6.07) is 5.35. The van der Waals surface area contributed by atoms with Gasteiger partial charge in [-0.3, -0.25) is 9.69 Å². The average molecular weight is 464 g/mol. The molecule has 12 heteroatoms. The fourth-order valence-electron chi connectivity index (χ4n) is 4.49. The summed E-state index contributed by atoms with van der Waals surface area (Å²) >= 11 is 0. The number of likely N-dealkylation sites (tertiary alicyclic amines) is 1. The van der Waals surface area contributed by atoms with E-state index < -0.39 is 17.8 Å². The second kappa shape index (κ2) is 8.90. The van der Waals surface area contributed by atoms with Crippen LogP contribution in [0.5, 0.6) is 0 Å². The van der Waals surface area contributed by atoms with Crippen molar-refractivity contribution in [1.29, 1.82) is 5.26 Å². The summed E-state index contributed by atoms with van der Waals surface area (Å²) in [5, 5.41) is 27.6. The molecule has 1 aliphatic heterocycles. The summed E-state index contributed by atoms with van der Waals surface area (Å²) in [6.07, 6.45) is -2.31. The van der Waals surface area contributed by atoms with E-state index in [2.05, 4.69) is 26.7 Å². The number of carbonyl (C=O) groups excluding carboxylic acids is 1. The lowest BCUT2D eigenvalue weighted by Crippen LogP contribution is -2.63. The molecular formula is C21H23F3N6O3. The van der Waals surface area contributed by atoms with E-state index in [1.807, 2.05) is 0 Å². The minimum Gasteiger partial charge on any atom is -0.463 e. The van der Waals surface area contributed by atoms with Crippen LogP contribution >= 0.6 is 0 Å². The monoisotopic (exact) mass is 464 g/mol. The smallest absolute Gasteiger partial charge is 0.432 e. The second-order valence-electron chi connectivity index (χ2n) is 8.48. The number of rotatable bonds is 5. The number of nitrogens with one attached hydrogen (secondary N) is 2. The van der Waals surface area contributed by atoms with Gasteiger partial charge in [-0.05, 0) is 43.9 Å². The number of anilines is 1. The lowest BCUT2D eigenvalue weighted by molar-refractivity contribution is -0.137. The molecule has 3 N–H and O–H groups in total. The van der Waals surface area contributed by atoms with Gasteiger partial charge in [0.25, 0.3) is 0 Å². The van der Waals surface area contributed by atoms with Gasteiger partial charge in [-0.25, -0.2) is 4.79 Å². The first-order valence-corrected chi connectivity index (χ1v) is 10.7. The Morgan fingerprint density at radius 3 is 2.52 bits per heavy atom. The first-order chi connectivity index (χ1) is 15.7. The third kappa shape index (κ3) is 4.88. The molecule has 9 nitrogen and oxygen atoms in total. The van der Waals surface area contributed by atoms with Crippen molar-refractivity contribution in [2.75, 3.05) is 25.0 Å². The van der Waals surface area contributed by atoms with E-state index in [1.165, 1.54) is 0 Å². The van der Waals surface area contributed by atoms with Crippen LogP contribution in [0.2, 0.25) is 0 Å². The van der Waals surface area contributed by atoms with Crippen molar-refractivity contribution in [3.63, 3.8) is 0 Å². The third-order valence-electron chi connectivity index (χ3n) is 6.28. The molecule has 0 radical (unpaired) electrons. The summed E-state index contributed by atoms with van der Waals surface area (Å²) in [4.78, 5) is 26.0. The van der Waals surface area contributed by atoms with Crippen LogP contribution in [0.15, 0.2) is 18.2 Å². The van der Waals surface area contributed by atoms with Crippen molar-refractivity contribution in [3.8, 4) is 6.07 Å². The number of hydrogen-bond donors (Lipinski definition) is 3. The van der Waals surface area contributed by atoms with E-state index in [1.54, 1.807) is 0 Å². The van der Waals surface area contributed by atoms with Gasteiger partial charge in [-0.1, -0.05) is 0 Å². The number of nitriles is 1. The maximum Gasteiger partial charge on any atom is 0.432 e. The summed E-state index contributed by atoms with van der Waals surface area (Å²) in [5.74, 6) is -0.340. The summed E-state index contributed by atoms with van der Waals surface area (Å²) in [7, 11) is 0. The van der Waals surface area contributed by atoms with Crippen LogP contribution in [0.4, 0.5) is 23.8 Å². The molecule has 4 rings (SSSR count). The van der Waals surface area contributed by atoms with Gasteiger partial charge >= 0.3 is 12.3 Å². The van der Waals surface area contributed by atoms with E-state index in [4.69, 9.17) is 5.26 Å². The molecule has 0 spiro atoms. The molecule has 0 bridgehead atoms. The Bertz CT molecular complexity index is 1100. The van der Waals surface area contributed by atoms with Crippen molar-refractivity contribution in [3.05, 3.63) is 23.8 Å². The molecule has 2 heterocycles. The quantitative estimate of drug-likeness (QED) is 0.622. The standard InChI is InChI=1S/C21H23F3N6O3/c22-21(23,24)13-3-6-17-16(7-13)19(28-30(17)20(32)33)26-9-18(31)27-14-10-29(11-14)15-4-1-12(8-25)2-5-15/h3,6-7,12,14-15H,1-2,4-5,9-11H2,(H,26,28)(H,27,31)(H,32,33). The van der Waals surface area contributed by atoms with E-state index in [-0.39, 0.29) is 41.1 Å². The topological polar surface area (TPSA) is 123 Å². The maximum absolute atomic E-state index is 13.1. The Kier molecular flexibility index (Phi) is 6.16. The van der Waals surface area contributed by atoms with Crippen LogP contribution in [-0.2, 0) is 11.0 Å². The van der Waals surface area contributed by atoms with Crippen LogP contribution in [-0.4, -0.2) is 63.5 Å². The number of halogens is 3. The Morgan fingerprint density at radius 1 is 1.21 bits per heavy atom. The van der Waals surface area contributed by atoms with Gasteiger partial charge in [-0.15, -0.1) is 5.10 Å². The lowest BCUT2D eigenvalue weighted by Gasteiger charge is -2.46. The largest absolute Gasteiger partial charge is 0.463 e. The van der Waals surface area contributed by atoms with Crippen molar-refractivity contribution >= 4 is 28.7 Å². The van der Waals surface area contributed by atoms with Gasteiger partial charge < -0.3 is 15.7 Å². The van der Waals surface area contributed by atoms with Crippen LogP contribution in [0.25, 0.3) is 10.9 Å². The SMILES string of the molecule is N#CC1CCC(N2CC(NC(=O)CNc3nn(C(=O)O)c4ccc(C(F)(F)F)cc34)C2)CC1. The molecule has 0 atom stereocenters. The number of benzene rings is 1. The zero-order valence-electron chi connectivity index (χ0n) is 17.6. The lowest BCUT2D eigenvalue weighted by atomic mass is 9.85. The fourth-order valence-corrected chi connectivity index (χ4v) is 4.49. The number of nitrogens with zero attached hydrogens (tertiary/aromatic N) is 4. The molecule has 2 fully saturated rings. The van der Waals surface area contributed by atoms with Crippen LogP contribution in [0.1, 0.15) is 31.2 Å². The highest BCUT2D eigenvalue weighted by Crippen LogP contribution is 2.34. The minimum atomic E-state index is -4.60. The Balaban J connectivity index is 1.33. The van der Waals surface area contributed by atoms with Gasteiger partial charge in [0.05, 0.1) is 29.7 Å². The van der Waals surface area contributed by atoms with E-state index in [0.717, 1.165) is 43.9 Å². The van der Waals surface area contributed by atoms with Crippen molar-refractivity contribution < 1.29 is 27.9 Å². The number of aromatic nitrogens is 2. The van der Waals surface area contributed by atoms with Gasteiger partial charge in [0.1, 0.15) is 0 Å². The van der Waals surface area contributed by atoms with Gasteiger partial charge in [0.2, 0.25) is 5.91 Å². The molecule has 2 aromatic rings. The average Bonchev–Trinajstić information content (AvgIpc) is 3.12. The van der Waals surface area contributed by atoms with Crippen LogP contribution in [0.3, 0.4) is 0 Å². The molecule has 1 saturated heterocycles. The molecule has 176 valence electrons. The Morgan fingerprint density at radius 2 is 1.91 bits per heavy atom. The number of carbonyl (C=O) groups is 2. The number of hydrogen-bond acceptors (Lipinski definition) is 6. The highest BCUT2D eigenvalue weighted by atomic mass is 19.4.